The average molecular weight is 287 g/mol. The van der Waals surface area contributed by atoms with Gasteiger partial charge in [-0.25, -0.2) is 0 Å². The molecule has 2 aliphatic heterocycles. The highest BCUT2D eigenvalue weighted by atomic mass is 16.5. The summed E-state index contributed by atoms with van der Waals surface area (Å²) < 4.78 is 11.5. The molecule has 2 unspecified atom stereocenters. The second-order valence-corrected chi connectivity index (χ2v) is 5.98. The molecule has 1 aromatic carbocycles. The number of hydrogen-bond donors (Lipinski definition) is 1. The molecule has 2 atom stereocenters. The fourth-order valence-electron chi connectivity index (χ4n) is 3.28. The van der Waals surface area contributed by atoms with Gasteiger partial charge in [0.1, 0.15) is 5.75 Å². The lowest BCUT2D eigenvalue weighted by Gasteiger charge is -2.34. The van der Waals surface area contributed by atoms with Gasteiger partial charge in [0.2, 0.25) is 0 Å². The first kappa shape index (κ1) is 14.5. The summed E-state index contributed by atoms with van der Waals surface area (Å²) in [5.74, 6) is 1.54. The zero-order chi connectivity index (χ0) is 14.5. The van der Waals surface area contributed by atoms with Gasteiger partial charge < -0.3 is 14.8 Å². The van der Waals surface area contributed by atoms with Crippen LogP contribution < -0.4 is 10.1 Å². The maximum atomic E-state index is 5.98. The first-order valence-corrected chi connectivity index (χ1v) is 8.13. The molecular formula is C18H25NO2. The number of fused-ring (bicyclic) bond motifs is 1. The van der Waals surface area contributed by atoms with Gasteiger partial charge in [0.15, 0.2) is 0 Å². The van der Waals surface area contributed by atoms with E-state index in [4.69, 9.17) is 9.47 Å². The number of nitrogens with one attached hydrogen (secondary N) is 1. The minimum Gasteiger partial charge on any atom is -0.501 e. The third-order valence-electron chi connectivity index (χ3n) is 4.36. The molecule has 1 aromatic rings. The fourth-order valence-corrected chi connectivity index (χ4v) is 3.28. The molecule has 0 fully saturated rings. The molecule has 2 aliphatic rings. The van der Waals surface area contributed by atoms with Gasteiger partial charge in [-0.15, -0.1) is 0 Å². The van der Waals surface area contributed by atoms with Crippen molar-refractivity contribution in [3.05, 3.63) is 41.7 Å². The van der Waals surface area contributed by atoms with E-state index in [-0.39, 0.29) is 0 Å². The highest BCUT2D eigenvalue weighted by Crippen LogP contribution is 2.31. The monoisotopic (exact) mass is 287 g/mol. The van der Waals surface area contributed by atoms with Crippen LogP contribution >= 0.6 is 0 Å². The summed E-state index contributed by atoms with van der Waals surface area (Å²) in [6, 6.07) is 8.78. The quantitative estimate of drug-likeness (QED) is 0.901. The minimum absolute atomic E-state index is 0.374. The second kappa shape index (κ2) is 6.99. The molecule has 0 radical (unpaired) electrons. The molecular weight excluding hydrogens is 262 g/mol. The number of benzene rings is 1. The Hall–Kier alpha value is -1.48. The molecule has 0 spiro atoms. The number of rotatable bonds is 5. The van der Waals surface area contributed by atoms with Crippen LogP contribution in [0, 0.1) is 5.92 Å². The Morgan fingerprint density at radius 1 is 1.33 bits per heavy atom. The second-order valence-electron chi connectivity index (χ2n) is 5.98. The zero-order valence-corrected chi connectivity index (χ0v) is 12.8. The van der Waals surface area contributed by atoms with Gasteiger partial charge in [-0.05, 0) is 49.4 Å². The van der Waals surface area contributed by atoms with Gasteiger partial charge in [-0.1, -0.05) is 25.1 Å². The van der Waals surface area contributed by atoms with Crippen LogP contribution in [0.2, 0.25) is 0 Å². The van der Waals surface area contributed by atoms with Gasteiger partial charge in [0, 0.05) is 12.0 Å². The normalized spacial score (nSPS) is 22.5. The third-order valence-corrected chi connectivity index (χ3v) is 4.36. The molecule has 0 bridgehead atoms. The van der Waals surface area contributed by atoms with Crippen molar-refractivity contribution in [3.8, 4) is 5.75 Å². The fraction of sp³-hybridized carbons (Fsp3) is 0.556. The Bertz CT molecular complexity index is 498. The summed E-state index contributed by atoms with van der Waals surface area (Å²) >= 11 is 0. The summed E-state index contributed by atoms with van der Waals surface area (Å²) in [4.78, 5) is 0. The SMILES string of the molecule is CCCNC(C1=COCCC1)C1COc2ccccc2C1. The Balaban J connectivity index is 1.76. The Morgan fingerprint density at radius 2 is 2.24 bits per heavy atom. The summed E-state index contributed by atoms with van der Waals surface area (Å²) in [5.41, 5.74) is 2.73. The van der Waals surface area contributed by atoms with Crippen LogP contribution in [0.5, 0.6) is 5.75 Å². The van der Waals surface area contributed by atoms with Crippen molar-refractivity contribution >= 4 is 0 Å². The first-order chi connectivity index (χ1) is 10.4. The molecule has 0 amide bonds. The van der Waals surface area contributed by atoms with E-state index in [0.29, 0.717) is 12.0 Å². The third kappa shape index (κ3) is 3.41. The highest BCUT2D eigenvalue weighted by molar-refractivity contribution is 5.36. The predicted molar refractivity (Wildman–Crippen MR) is 84.5 cm³/mol. The van der Waals surface area contributed by atoms with E-state index in [0.717, 1.165) is 51.2 Å². The lowest BCUT2D eigenvalue weighted by Crippen LogP contribution is -2.43. The molecule has 0 aliphatic carbocycles. The molecule has 0 aromatic heterocycles. The van der Waals surface area contributed by atoms with Crippen LogP contribution in [0.25, 0.3) is 0 Å². The van der Waals surface area contributed by atoms with Crippen LogP contribution in [-0.4, -0.2) is 25.8 Å². The smallest absolute Gasteiger partial charge is 0.122 e. The minimum atomic E-state index is 0.374. The van der Waals surface area contributed by atoms with Crippen LogP contribution in [-0.2, 0) is 11.2 Å². The maximum absolute atomic E-state index is 5.98. The zero-order valence-electron chi connectivity index (χ0n) is 12.8. The van der Waals surface area contributed by atoms with Gasteiger partial charge >= 0.3 is 0 Å². The van der Waals surface area contributed by atoms with E-state index >= 15 is 0 Å². The van der Waals surface area contributed by atoms with Gasteiger partial charge in [-0.3, -0.25) is 0 Å². The van der Waals surface area contributed by atoms with Crippen LogP contribution in [0.4, 0.5) is 0 Å². The Morgan fingerprint density at radius 3 is 3.05 bits per heavy atom. The molecule has 3 rings (SSSR count). The Kier molecular flexibility index (Phi) is 4.81. The topological polar surface area (TPSA) is 30.5 Å². The average Bonchev–Trinajstić information content (AvgIpc) is 2.56. The molecule has 21 heavy (non-hydrogen) atoms. The molecule has 3 heteroatoms. The van der Waals surface area contributed by atoms with E-state index in [2.05, 4.69) is 30.4 Å². The lowest BCUT2D eigenvalue weighted by atomic mass is 9.85. The maximum Gasteiger partial charge on any atom is 0.122 e. The van der Waals surface area contributed by atoms with Crippen LogP contribution in [0.1, 0.15) is 31.7 Å². The largest absolute Gasteiger partial charge is 0.501 e. The summed E-state index contributed by atoms with van der Waals surface area (Å²) in [6.45, 7) is 4.90. The van der Waals surface area contributed by atoms with Gasteiger partial charge in [0.25, 0.3) is 0 Å². The van der Waals surface area contributed by atoms with E-state index < -0.39 is 0 Å². The van der Waals surface area contributed by atoms with E-state index in [1.165, 1.54) is 11.1 Å². The molecule has 0 saturated heterocycles. The van der Waals surface area contributed by atoms with Crippen LogP contribution in [0.15, 0.2) is 36.1 Å². The molecule has 114 valence electrons. The molecule has 3 nitrogen and oxygen atoms in total. The predicted octanol–water partition coefficient (Wildman–Crippen LogP) is 3.30. The summed E-state index contributed by atoms with van der Waals surface area (Å²) in [7, 11) is 0. The van der Waals surface area contributed by atoms with E-state index in [1.54, 1.807) is 0 Å². The van der Waals surface area contributed by atoms with Crippen molar-refractivity contribution < 1.29 is 9.47 Å². The van der Waals surface area contributed by atoms with Gasteiger partial charge in [-0.2, -0.15) is 0 Å². The van der Waals surface area contributed by atoms with Gasteiger partial charge in [0.05, 0.1) is 19.5 Å². The Labute approximate surface area is 127 Å². The number of para-hydroxylation sites is 1. The summed E-state index contributed by atoms with van der Waals surface area (Å²) in [6.07, 6.45) is 6.47. The summed E-state index contributed by atoms with van der Waals surface area (Å²) in [5, 5.41) is 3.71. The van der Waals surface area contributed by atoms with Crippen LogP contribution in [0.3, 0.4) is 0 Å². The van der Waals surface area contributed by atoms with Crippen molar-refractivity contribution in [2.24, 2.45) is 5.92 Å². The molecule has 0 saturated carbocycles. The van der Waals surface area contributed by atoms with E-state index in [1.807, 2.05) is 12.3 Å². The highest BCUT2D eigenvalue weighted by Gasteiger charge is 2.30. The van der Waals surface area contributed by atoms with Crippen molar-refractivity contribution in [1.29, 1.82) is 0 Å². The van der Waals surface area contributed by atoms with Crippen molar-refractivity contribution in [3.63, 3.8) is 0 Å². The van der Waals surface area contributed by atoms with Crippen molar-refractivity contribution in [2.75, 3.05) is 19.8 Å². The standard InChI is InChI=1S/C18H25NO2/c1-2-9-19-18(15-7-5-10-20-12-15)16-11-14-6-3-4-8-17(14)21-13-16/h3-4,6,8,12,16,18-19H,2,5,7,9-11,13H2,1H3. The molecule has 1 N–H and O–H groups in total. The van der Waals surface area contributed by atoms with Crippen molar-refractivity contribution in [2.45, 2.75) is 38.6 Å². The lowest BCUT2D eigenvalue weighted by molar-refractivity contribution is 0.178. The van der Waals surface area contributed by atoms with E-state index in [9.17, 15) is 0 Å². The van der Waals surface area contributed by atoms with Crippen molar-refractivity contribution in [1.82, 2.24) is 5.32 Å². The first-order valence-electron chi connectivity index (χ1n) is 8.13. The number of hydrogen-bond acceptors (Lipinski definition) is 3. The number of ether oxygens (including phenoxy) is 2. The molecule has 2 heterocycles.